The van der Waals surface area contributed by atoms with Gasteiger partial charge >= 0.3 is 6.09 Å². The van der Waals surface area contributed by atoms with Crippen LogP contribution in [0.15, 0.2) is 41.6 Å². The van der Waals surface area contributed by atoms with Crippen LogP contribution in [0.2, 0.25) is 43.8 Å². The van der Waals surface area contributed by atoms with Gasteiger partial charge in [0.05, 0.1) is 17.3 Å². The van der Waals surface area contributed by atoms with Crippen LogP contribution < -0.4 is 10.7 Å². The SMILES string of the molecule is CC(C)(C)[Si](C)(C)OC1CC(NC(=O)O)CC(n2c(-c3ccccc3F)nc3cnc(C4=NNCN4COCC[Si](C)(C)C)cc32)C1. The molecule has 0 radical (unpaired) electrons. The second-order valence-electron chi connectivity index (χ2n) is 15.5. The van der Waals surface area contributed by atoms with Crippen molar-refractivity contribution in [3.63, 3.8) is 0 Å². The Morgan fingerprint density at radius 3 is 2.57 bits per heavy atom. The Hall–Kier alpha value is -3.34. The van der Waals surface area contributed by atoms with Crippen molar-refractivity contribution in [3.8, 4) is 11.4 Å². The Morgan fingerprint density at radius 2 is 1.89 bits per heavy atom. The number of amides is 1. The number of nitrogens with one attached hydrogen (secondary N) is 2. The van der Waals surface area contributed by atoms with E-state index in [0.29, 0.717) is 67.7 Å². The number of hydrazone groups is 1. The van der Waals surface area contributed by atoms with E-state index in [1.807, 2.05) is 11.0 Å². The summed E-state index contributed by atoms with van der Waals surface area (Å²) in [6.45, 7) is 19.6. The molecule has 1 aromatic carbocycles. The molecule has 3 atom stereocenters. The highest BCUT2D eigenvalue weighted by Gasteiger charge is 2.42. The monoisotopic (exact) mass is 683 g/mol. The summed E-state index contributed by atoms with van der Waals surface area (Å²) >= 11 is 0. The first-order valence-corrected chi connectivity index (χ1v) is 23.1. The van der Waals surface area contributed by atoms with Crippen molar-refractivity contribution in [2.45, 2.75) is 102 Å². The maximum Gasteiger partial charge on any atom is 0.404 e. The fourth-order valence-electron chi connectivity index (χ4n) is 5.97. The molecule has 1 saturated carbocycles. The molecule has 0 bridgehead atoms. The van der Waals surface area contributed by atoms with E-state index in [9.17, 15) is 9.90 Å². The predicted molar refractivity (Wildman–Crippen MR) is 188 cm³/mol. The minimum absolute atomic E-state index is 0.0173. The number of carbonyl (C=O) groups is 1. The molecule has 1 amide bonds. The lowest BCUT2D eigenvalue weighted by atomic mass is 9.88. The number of carboxylic acid groups (broad SMARTS) is 1. The van der Waals surface area contributed by atoms with E-state index in [1.54, 1.807) is 24.4 Å². The number of pyridine rings is 1. The number of aromatic nitrogens is 3. The van der Waals surface area contributed by atoms with Gasteiger partial charge in [0, 0.05) is 32.9 Å². The van der Waals surface area contributed by atoms with Crippen LogP contribution in [0.3, 0.4) is 0 Å². The molecule has 256 valence electrons. The van der Waals surface area contributed by atoms with Gasteiger partial charge in [0.15, 0.2) is 14.2 Å². The molecule has 1 fully saturated rings. The number of imidazole rings is 1. The average molecular weight is 684 g/mol. The molecular formula is C33H50FN7O4Si2. The van der Waals surface area contributed by atoms with Crippen LogP contribution in [-0.2, 0) is 9.16 Å². The highest BCUT2D eigenvalue weighted by atomic mass is 28.4. The number of halogens is 1. The Labute approximate surface area is 279 Å². The summed E-state index contributed by atoms with van der Waals surface area (Å²) in [5, 5.41) is 17.0. The maximum atomic E-state index is 15.4. The summed E-state index contributed by atoms with van der Waals surface area (Å²) in [5.74, 6) is 0.753. The lowest BCUT2D eigenvalue weighted by molar-refractivity contribution is 0.0755. The Kier molecular flexibility index (Phi) is 10.2. The largest absolute Gasteiger partial charge is 0.465 e. The van der Waals surface area contributed by atoms with Crippen molar-refractivity contribution >= 4 is 39.4 Å². The minimum Gasteiger partial charge on any atom is -0.465 e. The number of hydrogen-bond acceptors (Lipinski definition) is 8. The lowest BCUT2D eigenvalue weighted by Gasteiger charge is -2.43. The molecule has 0 saturated heterocycles. The Morgan fingerprint density at radius 1 is 1.15 bits per heavy atom. The van der Waals surface area contributed by atoms with Crippen molar-refractivity contribution in [3.05, 3.63) is 48.0 Å². The quantitative estimate of drug-likeness (QED) is 0.148. The maximum absolute atomic E-state index is 15.4. The predicted octanol–water partition coefficient (Wildman–Crippen LogP) is 6.83. The number of amidine groups is 1. The first kappa shape index (κ1) is 35.0. The topological polar surface area (TPSA) is 126 Å². The van der Waals surface area contributed by atoms with Gasteiger partial charge < -0.3 is 29.1 Å². The van der Waals surface area contributed by atoms with Crippen molar-refractivity contribution in [2.75, 3.05) is 20.0 Å². The van der Waals surface area contributed by atoms with Gasteiger partial charge in [-0.25, -0.2) is 14.2 Å². The van der Waals surface area contributed by atoms with Crippen LogP contribution in [0.5, 0.6) is 0 Å². The molecule has 1 aliphatic carbocycles. The third-order valence-corrected chi connectivity index (χ3v) is 15.7. The molecule has 3 aromatic rings. The number of ether oxygens (including phenoxy) is 1. The summed E-state index contributed by atoms with van der Waals surface area (Å²) in [6.07, 6.45) is 2.15. The fraction of sp³-hybridized carbons (Fsp3) is 0.576. The molecule has 14 heteroatoms. The highest BCUT2D eigenvalue weighted by Crippen LogP contribution is 2.42. The van der Waals surface area contributed by atoms with Gasteiger partial charge in [0.2, 0.25) is 0 Å². The second kappa shape index (κ2) is 13.6. The first-order chi connectivity index (χ1) is 22.0. The fourth-order valence-corrected chi connectivity index (χ4v) is 8.11. The summed E-state index contributed by atoms with van der Waals surface area (Å²) in [6, 6.07) is 9.06. The molecule has 3 unspecified atom stereocenters. The summed E-state index contributed by atoms with van der Waals surface area (Å²) in [4.78, 5) is 23.5. The van der Waals surface area contributed by atoms with Crippen LogP contribution in [-0.4, -0.2) is 85.0 Å². The van der Waals surface area contributed by atoms with Crippen LogP contribution >= 0.6 is 0 Å². The first-order valence-electron chi connectivity index (χ1n) is 16.5. The van der Waals surface area contributed by atoms with Crippen LogP contribution in [0.25, 0.3) is 22.4 Å². The molecule has 47 heavy (non-hydrogen) atoms. The van der Waals surface area contributed by atoms with E-state index in [1.165, 1.54) is 6.07 Å². The van der Waals surface area contributed by atoms with E-state index in [2.05, 4.69) is 73.9 Å². The van der Waals surface area contributed by atoms with Crippen LogP contribution in [0, 0.1) is 5.82 Å². The zero-order chi connectivity index (χ0) is 34.1. The van der Waals surface area contributed by atoms with Crippen molar-refractivity contribution < 1.29 is 23.5 Å². The van der Waals surface area contributed by atoms with Gasteiger partial charge in [-0.15, -0.1) is 0 Å². The summed E-state index contributed by atoms with van der Waals surface area (Å²) in [5.41, 5.74) is 5.46. The minimum atomic E-state index is -2.18. The zero-order valence-corrected chi connectivity index (χ0v) is 30.9. The molecule has 3 N–H and O–H groups in total. The molecular weight excluding hydrogens is 634 g/mol. The van der Waals surface area contributed by atoms with Gasteiger partial charge in [0.1, 0.15) is 36.3 Å². The highest BCUT2D eigenvalue weighted by molar-refractivity contribution is 6.76. The summed E-state index contributed by atoms with van der Waals surface area (Å²) < 4.78 is 30.4. The van der Waals surface area contributed by atoms with Crippen LogP contribution in [0.4, 0.5) is 9.18 Å². The van der Waals surface area contributed by atoms with Crippen molar-refractivity contribution in [1.29, 1.82) is 0 Å². The lowest BCUT2D eigenvalue weighted by Crippen LogP contribution is -2.49. The third-order valence-electron chi connectivity index (χ3n) is 9.51. The van der Waals surface area contributed by atoms with E-state index >= 15 is 4.39 Å². The molecule has 11 nitrogen and oxygen atoms in total. The van der Waals surface area contributed by atoms with E-state index in [4.69, 9.17) is 19.1 Å². The van der Waals surface area contributed by atoms with Gasteiger partial charge in [-0.3, -0.25) is 10.4 Å². The number of benzene rings is 1. The number of nitrogens with zero attached hydrogens (tertiary/aromatic N) is 5. The molecule has 5 rings (SSSR count). The van der Waals surface area contributed by atoms with Crippen LogP contribution in [0.1, 0.15) is 51.8 Å². The number of fused-ring (bicyclic) bond motifs is 1. The number of hydrogen-bond donors (Lipinski definition) is 3. The Bertz CT molecular complexity index is 1620. The van der Waals surface area contributed by atoms with E-state index in [-0.39, 0.29) is 29.0 Å². The standard InChI is InChI=1S/C33H50FN7O4Si2/c1-33(2,3)47(7,8)45-24-16-22(37-32(42)43)15-23(17-24)41-29-18-27(31-39-36-20-40(31)21-44-13-14-46(4,5)6)35-19-28(29)38-30(41)25-11-9-10-12-26(25)34/h9-12,18-19,22-24,36-37H,13-17,20-21H2,1-8H3,(H,42,43). The number of rotatable bonds is 11. The van der Waals surface area contributed by atoms with Gasteiger partial charge in [-0.2, -0.15) is 5.10 Å². The van der Waals surface area contributed by atoms with E-state index < -0.39 is 22.5 Å². The molecule has 2 aromatic heterocycles. The van der Waals surface area contributed by atoms with Crippen molar-refractivity contribution in [1.82, 2.24) is 30.2 Å². The van der Waals surface area contributed by atoms with E-state index in [0.717, 1.165) is 11.6 Å². The average Bonchev–Trinajstić information content (AvgIpc) is 3.58. The molecule has 0 spiro atoms. The smallest absolute Gasteiger partial charge is 0.404 e. The van der Waals surface area contributed by atoms with Gasteiger partial charge in [0.25, 0.3) is 0 Å². The van der Waals surface area contributed by atoms with Crippen molar-refractivity contribution in [2.24, 2.45) is 5.10 Å². The zero-order valence-electron chi connectivity index (χ0n) is 28.9. The normalized spacial score (nSPS) is 20.7. The molecule has 1 aliphatic heterocycles. The van der Waals surface area contributed by atoms with Gasteiger partial charge in [-0.05, 0) is 61.6 Å². The second-order valence-corrected chi connectivity index (χ2v) is 25.9. The summed E-state index contributed by atoms with van der Waals surface area (Å²) in [7, 11) is -3.41. The molecule has 3 heterocycles. The molecule has 2 aliphatic rings. The van der Waals surface area contributed by atoms with Gasteiger partial charge in [-0.1, -0.05) is 52.5 Å². The third kappa shape index (κ3) is 8.22. The Balaban J connectivity index is 1.55.